The van der Waals surface area contributed by atoms with Crippen molar-refractivity contribution >= 4 is 11.8 Å². The number of H-pyrrole nitrogens is 1. The molecule has 0 saturated carbocycles. The van der Waals surface area contributed by atoms with Crippen LogP contribution in [0, 0.1) is 6.92 Å². The van der Waals surface area contributed by atoms with E-state index in [9.17, 15) is 0 Å². The van der Waals surface area contributed by atoms with Crippen LogP contribution in [0.4, 0.5) is 0 Å². The molecule has 4 heteroatoms. The summed E-state index contributed by atoms with van der Waals surface area (Å²) in [4.78, 5) is 7.36. The first-order chi connectivity index (χ1) is 6.72. The van der Waals surface area contributed by atoms with Crippen molar-refractivity contribution in [3.05, 3.63) is 17.7 Å². The number of thioether (sulfide) groups is 1. The lowest BCUT2D eigenvalue weighted by Gasteiger charge is -2.11. The molecular formula is C10H19N3S. The number of aryl methyl sites for hydroxylation is 1. The lowest BCUT2D eigenvalue weighted by Crippen LogP contribution is -2.27. The molecule has 0 saturated heterocycles. The minimum Gasteiger partial charge on any atom is -0.345 e. The summed E-state index contributed by atoms with van der Waals surface area (Å²) < 4.78 is 0. The van der Waals surface area contributed by atoms with Gasteiger partial charge in [-0.15, -0.1) is 0 Å². The molecule has 0 radical (unpaired) electrons. The fourth-order valence-electron chi connectivity index (χ4n) is 1.20. The van der Waals surface area contributed by atoms with Gasteiger partial charge in [-0.25, -0.2) is 4.98 Å². The van der Waals surface area contributed by atoms with Gasteiger partial charge in [0.2, 0.25) is 0 Å². The Kier molecular flexibility index (Phi) is 5.04. The third-order valence-electron chi connectivity index (χ3n) is 1.97. The van der Waals surface area contributed by atoms with Crippen LogP contribution in [-0.4, -0.2) is 27.5 Å². The normalized spacial score (nSPS) is 13.1. The minimum absolute atomic E-state index is 0.559. The Morgan fingerprint density at radius 2 is 2.43 bits per heavy atom. The van der Waals surface area contributed by atoms with Gasteiger partial charge >= 0.3 is 0 Å². The molecule has 14 heavy (non-hydrogen) atoms. The van der Waals surface area contributed by atoms with E-state index in [0.29, 0.717) is 6.04 Å². The Morgan fingerprint density at radius 3 is 3.00 bits per heavy atom. The molecule has 80 valence electrons. The smallest absolute Gasteiger partial charge is 0.103 e. The monoisotopic (exact) mass is 213 g/mol. The zero-order chi connectivity index (χ0) is 10.4. The lowest BCUT2D eigenvalue weighted by molar-refractivity contribution is 0.589. The van der Waals surface area contributed by atoms with Crippen molar-refractivity contribution in [2.45, 2.75) is 33.4 Å². The molecule has 0 amide bonds. The first kappa shape index (κ1) is 11.6. The largest absolute Gasteiger partial charge is 0.345 e. The van der Waals surface area contributed by atoms with E-state index in [0.717, 1.165) is 18.1 Å². The highest BCUT2D eigenvalue weighted by atomic mass is 32.2. The number of nitrogens with one attached hydrogen (secondary N) is 2. The molecule has 0 aliphatic rings. The van der Waals surface area contributed by atoms with Crippen molar-refractivity contribution in [2.75, 3.05) is 11.5 Å². The number of rotatable bonds is 6. The molecule has 0 aliphatic carbocycles. The van der Waals surface area contributed by atoms with E-state index in [4.69, 9.17) is 0 Å². The van der Waals surface area contributed by atoms with Gasteiger partial charge in [0.05, 0.1) is 0 Å². The second kappa shape index (κ2) is 6.09. The highest BCUT2D eigenvalue weighted by Gasteiger charge is 2.01. The van der Waals surface area contributed by atoms with Gasteiger partial charge in [0.15, 0.2) is 0 Å². The molecule has 1 aromatic heterocycles. The molecule has 2 N–H and O–H groups in total. The average Bonchev–Trinajstić information content (AvgIpc) is 2.58. The maximum atomic E-state index is 4.16. The zero-order valence-electron chi connectivity index (χ0n) is 9.13. The van der Waals surface area contributed by atoms with Crippen LogP contribution in [0.3, 0.4) is 0 Å². The van der Waals surface area contributed by atoms with E-state index in [-0.39, 0.29) is 0 Å². The standard InChI is InChI=1S/C10H19N3S/c1-4-14-7-8(2)11-5-10-6-12-9(3)13-10/h6,8,11H,4-5,7H2,1-3H3,(H,12,13). The fraction of sp³-hybridized carbons (Fsp3) is 0.700. The predicted molar refractivity (Wildman–Crippen MR) is 62.6 cm³/mol. The molecule has 1 heterocycles. The lowest BCUT2D eigenvalue weighted by atomic mass is 10.3. The summed E-state index contributed by atoms with van der Waals surface area (Å²) in [5, 5.41) is 3.45. The van der Waals surface area contributed by atoms with Gasteiger partial charge in [-0.3, -0.25) is 0 Å². The van der Waals surface area contributed by atoms with Crippen LogP contribution < -0.4 is 5.32 Å². The molecule has 3 nitrogen and oxygen atoms in total. The Balaban J connectivity index is 2.20. The van der Waals surface area contributed by atoms with E-state index in [1.807, 2.05) is 24.9 Å². The van der Waals surface area contributed by atoms with Crippen LogP contribution in [0.15, 0.2) is 6.20 Å². The Hall–Kier alpha value is -0.480. The molecule has 0 fully saturated rings. The van der Waals surface area contributed by atoms with Crippen molar-refractivity contribution in [1.82, 2.24) is 15.3 Å². The van der Waals surface area contributed by atoms with Gasteiger partial charge < -0.3 is 10.3 Å². The molecule has 0 aliphatic heterocycles. The second-order valence-corrected chi connectivity index (χ2v) is 4.75. The highest BCUT2D eigenvalue weighted by Crippen LogP contribution is 2.02. The third kappa shape index (κ3) is 4.15. The summed E-state index contributed by atoms with van der Waals surface area (Å²) in [6.07, 6.45) is 1.89. The number of aromatic amines is 1. The average molecular weight is 213 g/mol. The van der Waals surface area contributed by atoms with Crippen LogP contribution in [0.1, 0.15) is 25.4 Å². The van der Waals surface area contributed by atoms with Crippen LogP contribution >= 0.6 is 11.8 Å². The Morgan fingerprint density at radius 1 is 1.64 bits per heavy atom. The molecule has 0 bridgehead atoms. The van der Waals surface area contributed by atoms with Gasteiger partial charge in [0, 0.05) is 30.2 Å². The van der Waals surface area contributed by atoms with Crippen LogP contribution in [0.2, 0.25) is 0 Å². The molecule has 1 rings (SSSR count). The molecule has 1 atom stereocenters. The summed E-state index contributed by atoms with van der Waals surface area (Å²) in [7, 11) is 0. The van der Waals surface area contributed by atoms with E-state index in [2.05, 4.69) is 29.1 Å². The summed E-state index contributed by atoms with van der Waals surface area (Å²) in [5.41, 5.74) is 1.16. The number of hydrogen-bond donors (Lipinski definition) is 2. The quantitative estimate of drug-likeness (QED) is 0.759. The van der Waals surface area contributed by atoms with E-state index in [1.165, 1.54) is 11.5 Å². The topological polar surface area (TPSA) is 40.7 Å². The summed E-state index contributed by atoms with van der Waals surface area (Å²) in [6, 6.07) is 0.559. The second-order valence-electron chi connectivity index (χ2n) is 3.44. The van der Waals surface area contributed by atoms with Crippen LogP contribution in [0.5, 0.6) is 0 Å². The molecule has 0 spiro atoms. The summed E-state index contributed by atoms with van der Waals surface area (Å²) in [5.74, 6) is 3.34. The maximum Gasteiger partial charge on any atom is 0.103 e. The number of imidazole rings is 1. The van der Waals surface area contributed by atoms with Gasteiger partial charge in [-0.2, -0.15) is 11.8 Å². The summed E-state index contributed by atoms with van der Waals surface area (Å²) >= 11 is 1.97. The van der Waals surface area contributed by atoms with Gasteiger partial charge in [-0.05, 0) is 19.6 Å². The van der Waals surface area contributed by atoms with Crippen molar-refractivity contribution in [1.29, 1.82) is 0 Å². The SMILES string of the molecule is CCSCC(C)NCc1cnc(C)[nH]1. The fourth-order valence-corrected chi connectivity index (χ4v) is 1.91. The molecule has 1 aromatic rings. The van der Waals surface area contributed by atoms with E-state index in [1.54, 1.807) is 0 Å². The molecule has 0 aromatic carbocycles. The third-order valence-corrected chi connectivity index (χ3v) is 3.11. The van der Waals surface area contributed by atoms with Crippen LogP contribution in [-0.2, 0) is 6.54 Å². The van der Waals surface area contributed by atoms with Crippen molar-refractivity contribution in [2.24, 2.45) is 0 Å². The van der Waals surface area contributed by atoms with E-state index < -0.39 is 0 Å². The van der Waals surface area contributed by atoms with Crippen molar-refractivity contribution < 1.29 is 0 Å². The number of hydrogen-bond acceptors (Lipinski definition) is 3. The first-order valence-electron chi connectivity index (χ1n) is 5.04. The maximum absolute atomic E-state index is 4.16. The van der Waals surface area contributed by atoms with Crippen molar-refractivity contribution in [3.63, 3.8) is 0 Å². The Bertz CT molecular complexity index is 260. The zero-order valence-corrected chi connectivity index (χ0v) is 9.95. The van der Waals surface area contributed by atoms with Gasteiger partial charge in [-0.1, -0.05) is 6.92 Å². The van der Waals surface area contributed by atoms with Gasteiger partial charge in [0.1, 0.15) is 5.82 Å². The van der Waals surface area contributed by atoms with Crippen molar-refractivity contribution in [3.8, 4) is 0 Å². The minimum atomic E-state index is 0.559. The predicted octanol–water partition coefficient (Wildman–Crippen LogP) is 1.95. The molecule has 1 unspecified atom stereocenters. The molecular weight excluding hydrogens is 194 g/mol. The Labute approximate surface area is 90.1 Å². The van der Waals surface area contributed by atoms with E-state index >= 15 is 0 Å². The number of nitrogens with zero attached hydrogens (tertiary/aromatic N) is 1. The summed E-state index contributed by atoms with van der Waals surface area (Å²) in [6.45, 7) is 7.26. The first-order valence-corrected chi connectivity index (χ1v) is 6.19. The van der Waals surface area contributed by atoms with Gasteiger partial charge in [0.25, 0.3) is 0 Å². The van der Waals surface area contributed by atoms with Crippen LogP contribution in [0.25, 0.3) is 0 Å². The highest BCUT2D eigenvalue weighted by molar-refractivity contribution is 7.99. The number of aromatic nitrogens is 2.